The van der Waals surface area contributed by atoms with Gasteiger partial charge in [0.1, 0.15) is 0 Å². The van der Waals surface area contributed by atoms with Crippen molar-refractivity contribution in [3.63, 3.8) is 0 Å². The van der Waals surface area contributed by atoms with Crippen LogP contribution in [0.2, 0.25) is 0 Å². The van der Waals surface area contributed by atoms with Crippen molar-refractivity contribution in [1.29, 1.82) is 0 Å². The predicted octanol–water partition coefficient (Wildman–Crippen LogP) is 0.753. The summed E-state index contributed by atoms with van der Waals surface area (Å²) < 4.78 is 0. The van der Waals surface area contributed by atoms with Crippen LogP contribution >= 0.6 is 0 Å². The van der Waals surface area contributed by atoms with Crippen molar-refractivity contribution < 1.29 is 9.90 Å². The van der Waals surface area contributed by atoms with E-state index in [0.717, 1.165) is 12.1 Å². The minimum absolute atomic E-state index is 0.208. The van der Waals surface area contributed by atoms with Crippen LogP contribution in [0.4, 0.5) is 0 Å². The van der Waals surface area contributed by atoms with Gasteiger partial charge in [-0.25, -0.2) is 0 Å². The SMILES string of the molecule is CC(CCC(=O)O)NCc1cn[nH]c1. The second-order valence-electron chi connectivity index (χ2n) is 3.32. The molecule has 0 radical (unpaired) electrons. The number of carbonyl (C=O) groups is 1. The van der Waals surface area contributed by atoms with Gasteiger partial charge in [0.25, 0.3) is 0 Å². The van der Waals surface area contributed by atoms with Crippen molar-refractivity contribution in [1.82, 2.24) is 15.5 Å². The van der Waals surface area contributed by atoms with Crippen LogP contribution in [0.5, 0.6) is 0 Å². The molecule has 1 rings (SSSR count). The molecule has 0 aromatic carbocycles. The Bertz CT molecular complexity index is 272. The van der Waals surface area contributed by atoms with Crippen molar-refractivity contribution in [3.05, 3.63) is 18.0 Å². The number of nitrogens with one attached hydrogen (secondary N) is 2. The van der Waals surface area contributed by atoms with Crippen molar-refractivity contribution in [3.8, 4) is 0 Å². The fourth-order valence-corrected chi connectivity index (χ4v) is 1.11. The fourth-order valence-electron chi connectivity index (χ4n) is 1.11. The van der Waals surface area contributed by atoms with Crippen LogP contribution in [0.3, 0.4) is 0 Å². The quantitative estimate of drug-likeness (QED) is 0.629. The average molecular weight is 197 g/mol. The molecule has 1 aromatic rings. The molecular formula is C9H15N3O2. The maximum Gasteiger partial charge on any atom is 0.303 e. The molecule has 0 bridgehead atoms. The molecule has 0 saturated heterocycles. The van der Waals surface area contributed by atoms with Crippen molar-refractivity contribution >= 4 is 5.97 Å². The summed E-state index contributed by atoms with van der Waals surface area (Å²) in [5, 5.41) is 18.2. The van der Waals surface area contributed by atoms with Gasteiger partial charge in [-0.15, -0.1) is 0 Å². The number of rotatable bonds is 6. The molecule has 1 unspecified atom stereocenters. The summed E-state index contributed by atoms with van der Waals surface area (Å²) in [6.07, 6.45) is 4.42. The van der Waals surface area contributed by atoms with Crippen LogP contribution in [-0.2, 0) is 11.3 Å². The van der Waals surface area contributed by atoms with Gasteiger partial charge in [-0.3, -0.25) is 9.89 Å². The smallest absolute Gasteiger partial charge is 0.303 e. The number of nitrogens with zero attached hydrogens (tertiary/aromatic N) is 1. The van der Waals surface area contributed by atoms with E-state index in [2.05, 4.69) is 15.5 Å². The molecule has 0 amide bonds. The second kappa shape index (κ2) is 5.39. The maximum atomic E-state index is 10.3. The molecule has 78 valence electrons. The number of hydrogen-bond donors (Lipinski definition) is 3. The lowest BCUT2D eigenvalue weighted by Gasteiger charge is -2.11. The second-order valence-corrected chi connectivity index (χ2v) is 3.32. The van der Waals surface area contributed by atoms with Gasteiger partial charge in [-0.1, -0.05) is 0 Å². The van der Waals surface area contributed by atoms with E-state index in [9.17, 15) is 4.79 Å². The lowest BCUT2D eigenvalue weighted by Crippen LogP contribution is -2.25. The van der Waals surface area contributed by atoms with E-state index in [1.54, 1.807) is 6.20 Å². The summed E-state index contributed by atoms with van der Waals surface area (Å²) in [5.41, 5.74) is 1.08. The van der Waals surface area contributed by atoms with E-state index < -0.39 is 5.97 Å². The van der Waals surface area contributed by atoms with Gasteiger partial charge in [0.2, 0.25) is 0 Å². The summed E-state index contributed by atoms with van der Waals surface area (Å²) in [5.74, 6) is -0.748. The number of carboxylic acid groups (broad SMARTS) is 1. The average Bonchev–Trinajstić information content (AvgIpc) is 2.63. The molecule has 0 saturated carbocycles. The van der Waals surface area contributed by atoms with E-state index in [4.69, 9.17) is 5.11 Å². The Morgan fingerprint density at radius 1 is 1.79 bits per heavy atom. The third-order valence-electron chi connectivity index (χ3n) is 2.00. The fraction of sp³-hybridized carbons (Fsp3) is 0.556. The first-order chi connectivity index (χ1) is 6.68. The van der Waals surface area contributed by atoms with Crippen LogP contribution < -0.4 is 5.32 Å². The zero-order chi connectivity index (χ0) is 10.4. The number of aromatic nitrogens is 2. The van der Waals surface area contributed by atoms with E-state index in [1.807, 2.05) is 13.1 Å². The molecule has 1 aromatic heterocycles. The van der Waals surface area contributed by atoms with Gasteiger partial charge in [-0.05, 0) is 13.3 Å². The van der Waals surface area contributed by atoms with Gasteiger partial charge < -0.3 is 10.4 Å². The van der Waals surface area contributed by atoms with Crippen molar-refractivity contribution in [2.75, 3.05) is 0 Å². The number of aliphatic carboxylic acids is 1. The minimum atomic E-state index is -0.748. The number of hydrogen-bond acceptors (Lipinski definition) is 3. The van der Waals surface area contributed by atoms with E-state index >= 15 is 0 Å². The third kappa shape index (κ3) is 4.04. The highest BCUT2D eigenvalue weighted by Crippen LogP contribution is 1.99. The van der Waals surface area contributed by atoms with Gasteiger partial charge in [0, 0.05) is 30.8 Å². The van der Waals surface area contributed by atoms with E-state index in [-0.39, 0.29) is 12.5 Å². The van der Waals surface area contributed by atoms with Crippen LogP contribution in [0.25, 0.3) is 0 Å². The highest BCUT2D eigenvalue weighted by Gasteiger charge is 2.04. The predicted molar refractivity (Wildman–Crippen MR) is 51.8 cm³/mol. The molecule has 0 aliphatic heterocycles. The summed E-state index contributed by atoms with van der Waals surface area (Å²) in [6, 6.07) is 0.209. The molecule has 5 nitrogen and oxygen atoms in total. The monoisotopic (exact) mass is 197 g/mol. The zero-order valence-electron chi connectivity index (χ0n) is 8.16. The summed E-state index contributed by atoms with van der Waals surface area (Å²) in [6.45, 7) is 2.69. The van der Waals surface area contributed by atoms with Crippen molar-refractivity contribution in [2.45, 2.75) is 32.4 Å². The van der Waals surface area contributed by atoms with Crippen LogP contribution in [0, 0.1) is 0 Å². The molecular weight excluding hydrogens is 182 g/mol. The van der Waals surface area contributed by atoms with Gasteiger partial charge >= 0.3 is 5.97 Å². The van der Waals surface area contributed by atoms with Gasteiger partial charge in [0.05, 0.1) is 6.20 Å². The van der Waals surface area contributed by atoms with Crippen LogP contribution in [0.15, 0.2) is 12.4 Å². The highest BCUT2D eigenvalue weighted by atomic mass is 16.4. The largest absolute Gasteiger partial charge is 0.481 e. The lowest BCUT2D eigenvalue weighted by molar-refractivity contribution is -0.137. The molecule has 0 fully saturated rings. The Morgan fingerprint density at radius 3 is 3.14 bits per heavy atom. The molecule has 0 aliphatic rings. The maximum absolute atomic E-state index is 10.3. The Labute approximate surface area is 82.5 Å². The zero-order valence-corrected chi connectivity index (χ0v) is 8.16. The molecule has 0 spiro atoms. The van der Waals surface area contributed by atoms with Crippen LogP contribution in [-0.4, -0.2) is 27.3 Å². The molecule has 1 atom stereocenters. The first-order valence-electron chi connectivity index (χ1n) is 4.61. The van der Waals surface area contributed by atoms with E-state index in [0.29, 0.717) is 6.42 Å². The summed E-state index contributed by atoms with van der Waals surface area (Å²) in [7, 11) is 0. The minimum Gasteiger partial charge on any atom is -0.481 e. The Hall–Kier alpha value is -1.36. The first-order valence-corrected chi connectivity index (χ1v) is 4.61. The molecule has 3 N–H and O–H groups in total. The highest BCUT2D eigenvalue weighted by molar-refractivity contribution is 5.66. The topological polar surface area (TPSA) is 78.0 Å². The first kappa shape index (κ1) is 10.7. The summed E-state index contributed by atoms with van der Waals surface area (Å²) in [4.78, 5) is 10.3. The lowest BCUT2D eigenvalue weighted by atomic mass is 10.2. The summed E-state index contributed by atoms with van der Waals surface area (Å²) >= 11 is 0. The van der Waals surface area contributed by atoms with Crippen molar-refractivity contribution in [2.24, 2.45) is 0 Å². The van der Waals surface area contributed by atoms with Crippen LogP contribution in [0.1, 0.15) is 25.3 Å². The molecule has 0 aliphatic carbocycles. The molecule has 5 heteroatoms. The molecule has 1 heterocycles. The number of carboxylic acids is 1. The Kier molecular flexibility index (Phi) is 4.12. The Morgan fingerprint density at radius 2 is 2.57 bits per heavy atom. The normalized spacial score (nSPS) is 12.6. The number of H-pyrrole nitrogens is 1. The van der Waals surface area contributed by atoms with E-state index in [1.165, 1.54) is 0 Å². The standard InChI is InChI=1S/C9H15N3O2/c1-7(2-3-9(13)14)10-4-8-5-11-12-6-8/h5-7,10H,2-4H2,1H3,(H,11,12)(H,13,14). The van der Waals surface area contributed by atoms with Gasteiger partial charge in [0.15, 0.2) is 0 Å². The molecule has 14 heavy (non-hydrogen) atoms. The number of aromatic amines is 1. The third-order valence-corrected chi connectivity index (χ3v) is 2.00. The Balaban J connectivity index is 2.15. The van der Waals surface area contributed by atoms with Gasteiger partial charge in [-0.2, -0.15) is 5.10 Å².